The fourth-order valence-corrected chi connectivity index (χ4v) is 5.80. The van der Waals surface area contributed by atoms with Crippen molar-refractivity contribution >= 4 is 22.9 Å². The number of rotatable bonds is 1. The predicted molar refractivity (Wildman–Crippen MR) is 75.8 cm³/mol. The Morgan fingerprint density at radius 1 is 1.25 bits per heavy atom. The van der Waals surface area contributed by atoms with Gasteiger partial charge in [-0.25, -0.2) is 0 Å². The Bertz CT molecular complexity index is 618. The fraction of sp³-hybridized carbons (Fsp3) is 0.625. The van der Waals surface area contributed by atoms with E-state index >= 15 is 0 Å². The van der Waals surface area contributed by atoms with Gasteiger partial charge in [-0.05, 0) is 22.4 Å². The zero-order chi connectivity index (χ0) is 14.3. The van der Waals surface area contributed by atoms with Crippen molar-refractivity contribution in [3.05, 3.63) is 22.4 Å². The lowest BCUT2D eigenvalue weighted by Gasteiger charge is -2.48. The van der Waals surface area contributed by atoms with Crippen molar-refractivity contribution in [1.82, 2.24) is 0 Å². The van der Waals surface area contributed by atoms with E-state index in [1.165, 1.54) is 0 Å². The smallest absolute Gasteiger partial charge is 0.172 e. The standard InChI is InChI=1S/C16H18O3S/c1-14(2)6-10(17)7-15(3)11(9-4-5-20-8-9)12(18)13-16(14,15)19-13/h4-5,8,11,13H,6-7H2,1-3H3/t11-,13-,15+,16+/m1/s1. The molecule has 4 atom stereocenters. The average molecular weight is 290 g/mol. The molecule has 4 rings (SSSR count). The number of ether oxygens (including phenoxy) is 1. The molecule has 1 saturated heterocycles. The lowest BCUT2D eigenvalue weighted by Crippen LogP contribution is -2.53. The molecule has 0 aromatic carbocycles. The average Bonchev–Trinajstić information content (AvgIpc) is 2.84. The number of carbonyl (C=O) groups is 2. The molecule has 2 saturated carbocycles. The second-order valence-corrected chi connectivity index (χ2v) is 8.10. The van der Waals surface area contributed by atoms with E-state index in [1.54, 1.807) is 11.3 Å². The van der Waals surface area contributed by atoms with Crippen molar-refractivity contribution in [3.8, 4) is 0 Å². The number of carbonyl (C=O) groups excluding carboxylic acids is 2. The van der Waals surface area contributed by atoms with Gasteiger partial charge in [0.1, 0.15) is 17.5 Å². The maximum atomic E-state index is 12.8. The van der Waals surface area contributed by atoms with Gasteiger partial charge in [-0.1, -0.05) is 20.8 Å². The lowest BCUT2D eigenvalue weighted by atomic mass is 9.54. The molecule has 3 aliphatic rings. The Labute approximate surface area is 122 Å². The van der Waals surface area contributed by atoms with Gasteiger partial charge in [0.15, 0.2) is 5.78 Å². The van der Waals surface area contributed by atoms with E-state index in [0.29, 0.717) is 12.8 Å². The molecular weight excluding hydrogens is 272 g/mol. The number of hydrogen-bond acceptors (Lipinski definition) is 4. The Morgan fingerprint density at radius 3 is 2.65 bits per heavy atom. The largest absolute Gasteiger partial charge is 0.356 e. The first kappa shape index (κ1) is 12.7. The number of epoxide rings is 1. The van der Waals surface area contributed by atoms with E-state index in [1.807, 2.05) is 16.8 Å². The molecule has 4 heteroatoms. The molecule has 20 heavy (non-hydrogen) atoms. The molecule has 1 spiro atoms. The van der Waals surface area contributed by atoms with Crippen molar-refractivity contribution in [3.63, 3.8) is 0 Å². The summed E-state index contributed by atoms with van der Waals surface area (Å²) in [4.78, 5) is 25.0. The Hall–Kier alpha value is -1.00. The van der Waals surface area contributed by atoms with Gasteiger partial charge in [-0.15, -0.1) is 0 Å². The van der Waals surface area contributed by atoms with Crippen molar-refractivity contribution < 1.29 is 14.3 Å². The van der Waals surface area contributed by atoms with E-state index in [2.05, 4.69) is 20.8 Å². The summed E-state index contributed by atoms with van der Waals surface area (Å²) in [5.41, 5.74) is -0.0304. The highest BCUT2D eigenvalue weighted by Gasteiger charge is 2.85. The highest BCUT2D eigenvalue weighted by atomic mass is 32.1. The minimum absolute atomic E-state index is 0.175. The van der Waals surface area contributed by atoms with Crippen LogP contribution in [0.1, 0.15) is 45.1 Å². The van der Waals surface area contributed by atoms with Crippen LogP contribution in [0.5, 0.6) is 0 Å². The second-order valence-electron chi connectivity index (χ2n) is 7.32. The lowest BCUT2D eigenvalue weighted by molar-refractivity contribution is -0.139. The van der Waals surface area contributed by atoms with Crippen LogP contribution in [0.2, 0.25) is 0 Å². The normalized spacial score (nSPS) is 45.1. The minimum Gasteiger partial charge on any atom is -0.356 e. The van der Waals surface area contributed by atoms with Crippen LogP contribution in [-0.2, 0) is 14.3 Å². The number of Topliss-reactive ketones (excluding diaryl/α,β-unsaturated/α-hetero) is 2. The maximum Gasteiger partial charge on any atom is 0.172 e. The van der Waals surface area contributed by atoms with E-state index < -0.39 is 11.0 Å². The third kappa shape index (κ3) is 1.17. The molecule has 3 nitrogen and oxygen atoms in total. The zero-order valence-electron chi connectivity index (χ0n) is 11.9. The first-order valence-corrected chi connectivity index (χ1v) is 8.03. The van der Waals surface area contributed by atoms with Gasteiger partial charge in [-0.2, -0.15) is 11.3 Å². The van der Waals surface area contributed by atoms with Gasteiger partial charge in [0.25, 0.3) is 0 Å². The highest BCUT2D eigenvalue weighted by Crippen LogP contribution is 2.74. The van der Waals surface area contributed by atoms with Crippen LogP contribution in [0.3, 0.4) is 0 Å². The maximum absolute atomic E-state index is 12.8. The number of hydrogen-bond donors (Lipinski definition) is 0. The minimum atomic E-state index is -0.433. The Balaban J connectivity index is 1.90. The van der Waals surface area contributed by atoms with Gasteiger partial charge < -0.3 is 4.74 Å². The molecule has 1 aromatic rings. The molecular formula is C16H18O3S. The van der Waals surface area contributed by atoms with Crippen LogP contribution in [0, 0.1) is 10.8 Å². The Morgan fingerprint density at radius 2 is 2.00 bits per heavy atom. The summed E-state index contributed by atoms with van der Waals surface area (Å²) < 4.78 is 5.95. The van der Waals surface area contributed by atoms with Gasteiger partial charge in [-0.3, -0.25) is 9.59 Å². The highest BCUT2D eigenvalue weighted by molar-refractivity contribution is 7.08. The molecule has 106 valence electrons. The van der Waals surface area contributed by atoms with Gasteiger partial charge in [0.05, 0.1) is 5.92 Å². The molecule has 0 unspecified atom stereocenters. The number of thiophene rings is 1. The summed E-state index contributed by atoms with van der Waals surface area (Å²) in [6.45, 7) is 6.23. The molecule has 2 aliphatic carbocycles. The number of ketones is 2. The molecule has 1 aromatic heterocycles. The first-order valence-electron chi connectivity index (χ1n) is 7.09. The topological polar surface area (TPSA) is 46.7 Å². The van der Waals surface area contributed by atoms with E-state index in [0.717, 1.165) is 5.56 Å². The Kier molecular flexibility index (Phi) is 2.18. The van der Waals surface area contributed by atoms with Crippen LogP contribution in [-0.4, -0.2) is 23.3 Å². The van der Waals surface area contributed by atoms with Crippen LogP contribution in [0.25, 0.3) is 0 Å². The molecule has 0 bridgehead atoms. The van der Waals surface area contributed by atoms with Crippen molar-refractivity contribution in [2.45, 2.75) is 51.2 Å². The summed E-state index contributed by atoms with van der Waals surface area (Å²) in [5.74, 6) is 0.247. The third-order valence-corrected chi connectivity index (χ3v) is 6.43. The predicted octanol–water partition coefficient (Wildman–Crippen LogP) is 2.95. The molecule has 2 heterocycles. The zero-order valence-corrected chi connectivity index (χ0v) is 12.8. The monoisotopic (exact) mass is 290 g/mol. The van der Waals surface area contributed by atoms with Crippen LogP contribution in [0.4, 0.5) is 0 Å². The molecule has 0 amide bonds. The van der Waals surface area contributed by atoms with Crippen LogP contribution in [0.15, 0.2) is 16.8 Å². The van der Waals surface area contributed by atoms with E-state index in [4.69, 9.17) is 4.74 Å². The molecule has 0 N–H and O–H groups in total. The summed E-state index contributed by atoms with van der Waals surface area (Å²) in [6.07, 6.45) is 0.669. The summed E-state index contributed by atoms with van der Waals surface area (Å²) >= 11 is 1.60. The van der Waals surface area contributed by atoms with Gasteiger partial charge >= 0.3 is 0 Å². The van der Waals surface area contributed by atoms with Crippen LogP contribution < -0.4 is 0 Å². The summed E-state index contributed by atoms with van der Waals surface area (Å²) in [5, 5.41) is 4.04. The quantitative estimate of drug-likeness (QED) is 0.747. The molecule has 3 fully saturated rings. The summed E-state index contributed by atoms with van der Waals surface area (Å²) in [6, 6.07) is 2.02. The van der Waals surface area contributed by atoms with Crippen molar-refractivity contribution in [1.29, 1.82) is 0 Å². The van der Waals surface area contributed by atoms with Crippen LogP contribution >= 0.6 is 11.3 Å². The van der Waals surface area contributed by atoms with E-state index in [9.17, 15) is 9.59 Å². The van der Waals surface area contributed by atoms with E-state index in [-0.39, 0.29) is 29.0 Å². The van der Waals surface area contributed by atoms with Crippen molar-refractivity contribution in [2.24, 2.45) is 10.8 Å². The van der Waals surface area contributed by atoms with Gasteiger partial charge in [0, 0.05) is 23.7 Å². The SMILES string of the molecule is CC1(C)CC(=O)C[C@@]2(C)[C@H](c3ccsc3)C(=O)[C@H]3O[C@@]312. The summed E-state index contributed by atoms with van der Waals surface area (Å²) in [7, 11) is 0. The first-order chi connectivity index (χ1) is 9.33. The molecule has 0 radical (unpaired) electrons. The fourth-order valence-electron chi connectivity index (χ4n) is 5.11. The molecule has 1 aliphatic heterocycles. The second kappa shape index (κ2) is 3.42. The van der Waals surface area contributed by atoms with Crippen molar-refractivity contribution in [2.75, 3.05) is 0 Å². The third-order valence-electron chi connectivity index (χ3n) is 5.73. The van der Waals surface area contributed by atoms with Gasteiger partial charge in [0.2, 0.25) is 0 Å².